The van der Waals surface area contributed by atoms with Gasteiger partial charge in [-0.25, -0.2) is 0 Å². The van der Waals surface area contributed by atoms with Gasteiger partial charge in [-0.2, -0.15) is 11.8 Å². The fourth-order valence-corrected chi connectivity index (χ4v) is 3.42. The lowest BCUT2D eigenvalue weighted by atomic mass is 9.84. The lowest BCUT2D eigenvalue weighted by Gasteiger charge is -2.41. The zero-order valence-corrected chi connectivity index (χ0v) is 10.6. The van der Waals surface area contributed by atoms with Gasteiger partial charge in [-0.05, 0) is 44.4 Å². The maximum atomic E-state index is 5.37. The topological polar surface area (TPSA) is 21.3 Å². The van der Waals surface area contributed by atoms with Crippen LogP contribution >= 0.6 is 11.8 Å². The molecule has 1 N–H and O–H groups in total. The number of rotatable bonds is 5. The summed E-state index contributed by atoms with van der Waals surface area (Å²) in [6.07, 6.45) is 9.01. The average Bonchev–Trinajstić information content (AvgIpc) is 2.24. The van der Waals surface area contributed by atoms with Gasteiger partial charge in [0.1, 0.15) is 0 Å². The summed E-state index contributed by atoms with van der Waals surface area (Å²) in [5.41, 5.74) is 0. The maximum Gasteiger partial charge on any atom is 0.0469 e. The van der Waals surface area contributed by atoms with E-state index in [-0.39, 0.29) is 0 Å². The Balaban J connectivity index is 1.61. The number of ether oxygens (including phenoxy) is 1. The molecule has 0 aromatic rings. The number of thioether (sulfide) groups is 1. The van der Waals surface area contributed by atoms with Gasteiger partial charge in [0.05, 0.1) is 0 Å². The molecule has 0 atom stereocenters. The number of hydrogen-bond donors (Lipinski definition) is 1. The predicted octanol–water partition coefficient (Wildman–Crippen LogP) is 2.29. The predicted molar refractivity (Wildman–Crippen MR) is 66.5 cm³/mol. The van der Waals surface area contributed by atoms with Gasteiger partial charge in [0.25, 0.3) is 0 Å². The van der Waals surface area contributed by atoms with Crippen LogP contribution in [-0.2, 0) is 4.74 Å². The van der Waals surface area contributed by atoms with Gasteiger partial charge in [-0.3, -0.25) is 0 Å². The summed E-state index contributed by atoms with van der Waals surface area (Å²) >= 11 is 2.06. The minimum atomic E-state index is 0.588. The quantitative estimate of drug-likeness (QED) is 0.781. The summed E-state index contributed by atoms with van der Waals surface area (Å²) in [4.78, 5) is 0. The van der Waals surface area contributed by atoms with E-state index in [9.17, 15) is 0 Å². The van der Waals surface area contributed by atoms with Crippen molar-refractivity contribution in [1.82, 2.24) is 5.32 Å². The monoisotopic (exact) mass is 229 g/mol. The normalized spacial score (nSPS) is 26.2. The van der Waals surface area contributed by atoms with E-state index in [1.165, 1.54) is 45.2 Å². The minimum Gasteiger partial charge on any atom is -0.381 e. The third kappa shape index (κ3) is 3.11. The molecule has 0 spiro atoms. The average molecular weight is 229 g/mol. The Bertz CT molecular complexity index is 183. The fraction of sp³-hybridized carbons (Fsp3) is 1.00. The molecule has 1 aliphatic carbocycles. The van der Waals surface area contributed by atoms with E-state index in [1.54, 1.807) is 0 Å². The fourth-order valence-electron chi connectivity index (χ4n) is 2.48. The molecule has 2 rings (SSSR count). The van der Waals surface area contributed by atoms with Crippen molar-refractivity contribution in [3.63, 3.8) is 0 Å². The summed E-state index contributed by atoms with van der Waals surface area (Å²) < 4.78 is 5.96. The van der Waals surface area contributed by atoms with E-state index in [4.69, 9.17) is 4.74 Å². The van der Waals surface area contributed by atoms with Crippen molar-refractivity contribution >= 4 is 11.8 Å². The highest BCUT2D eigenvalue weighted by atomic mass is 32.2. The molecule has 2 aliphatic rings. The van der Waals surface area contributed by atoms with Gasteiger partial charge in [-0.1, -0.05) is 6.42 Å². The highest BCUT2D eigenvalue weighted by molar-refractivity contribution is 8.00. The molecule has 15 heavy (non-hydrogen) atoms. The Morgan fingerprint density at radius 3 is 2.60 bits per heavy atom. The van der Waals surface area contributed by atoms with Crippen molar-refractivity contribution < 1.29 is 4.74 Å². The zero-order chi connectivity index (χ0) is 10.6. The lowest BCUT2D eigenvalue weighted by molar-refractivity contribution is 0.0659. The summed E-state index contributed by atoms with van der Waals surface area (Å²) in [6.45, 7) is 4.36. The molecule has 1 saturated heterocycles. The van der Waals surface area contributed by atoms with Crippen molar-refractivity contribution in [3.8, 4) is 0 Å². The third-order valence-corrected chi connectivity index (χ3v) is 5.34. The Labute approximate surface area is 97.5 Å². The third-order valence-electron chi connectivity index (χ3n) is 3.92. The van der Waals surface area contributed by atoms with Crippen molar-refractivity contribution in [2.45, 2.75) is 36.9 Å². The van der Waals surface area contributed by atoms with Crippen LogP contribution in [0.1, 0.15) is 32.1 Å². The minimum absolute atomic E-state index is 0.588. The van der Waals surface area contributed by atoms with Gasteiger partial charge in [0, 0.05) is 24.5 Å². The van der Waals surface area contributed by atoms with E-state index >= 15 is 0 Å². The van der Waals surface area contributed by atoms with Gasteiger partial charge in [0.15, 0.2) is 0 Å². The molecule has 2 fully saturated rings. The molecule has 0 aromatic carbocycles. The molecule has 2 nitrogen and oxygen atoms in total. The van der Waals surface area contributed by atoms with Gasteiger partial charge in [0.2, 0.25) is 0 Å². The van der Waals surface area contributed by atoms with Crippen LogP contribution < -0.4 is 5.32 Å². The summed E-state index contributed by atoms with van der Waals surface area (Å²) in [5, 5.41) is 3.67. The van der Waals surface area contributed by atoms with Gasteiger partial charge in [-0.15, -0.1) is 0 Å². The SMILES string of the molecule is CSC1(CNCC2CCOCC2)CCC1. The standard InChI is InChI=1S/C12H23NOS/c1-15-12(5-2-6-12)10-13-9-11-3-7-14-8-4-11/h11,13H,2-10H2,1H3. The molecule has 88 valence electrons. The molecule has 3 heteroatoms. The van der Waals surface area contributed by atoms with E-state index in [0.29, 0.717) is 4.75 Å². The van der Waals surface area contributed by atoms with Crippen LogP contribution in [0.5, 0.6) is 0 Å². The van der Waals surface area contributed by atoms with E-state index in [1.807, 2.05) is 0 Å². The number of nitrogens with one attached hydrogen (secondary N) is 1. The van der Waals surface area contributed by atoms with Crippen LogP contribution in [0.3, 0.4) is 0 Å². The van der Waals surface area contributed by atoms with E-state index < -0.39 is 0 Å². The largest absolute Gasteiger partial charge is 0.381 e. The van der Waals surface area contributed by atoms with Crippen molar-refractivity contribution in [2.24, 2.45) is 5.92 Å². The molecule has 0 unspecified atom stereocenters. The second-order valence-corrected chi connectivity index (χ2v) is 6.20. The number of hydrogen-bond acceptors (Lipinski definition) is 3. The second-order valence-electron chi connectivity index (χ2n) is 4.93. The molecule has 0 radical (unpaired) electrons. The first kappa shape index (κ1) is 11.7. The molecule has 0 aromatic heterocycles. The summed E-state index contributed by atoms with van der Waals surface area (Å²) in [6, 6.07) is 0. The maximum absolute atomic E-state index is 5.37. The highest BCUT2D eigenvalue weighted by Gasteiger charge is 2.35. The molecule has 0 bridgehead atoms. The van der Waals surface area contributed by atoms with Crippen LogP contribution in [0, 0.1) is 5.92 Å². The first-order valence-corrected chi connectivity index (χ1v) is 7.41. The smallest absolute Gasteiger partial charge is 0.0469 e. The van der Waals surface area contributed by atoms with Crippen LogP contribution in [0.2, 0.25) is 0 Å². The first-order chi connectivity index (χ1) is 7.35. The van der Waals surface area contributed by atoms with Crippen LogP contribution in [0.4, 0.5) is 0 Å². The summed E-state index contributed by atoms with van der Waals surface area (Å²) in [5.74, 6) is 0.859. The Morgan fingerprint density at radius 1 is 1.33 bits per heavy atom. The van der Waals surface area contributed by atoms with Gasteiger partial charge >= 0.3 is 0 Å². The van der Waals surface area contributed by atoms with Crippen LogP contribution in [0.25, 0.3) is 0 Å². The summed E-state index contributed by atoms with van der Waals surface area (Å²) in [7, 11) is 0. The van der Waals surface area contributed by atoms with Crippen LogP contribution in [-0.4, -0.2) is 37.3 Å². The molecule has 0 amide bonds. The van der Waals surface area contributed by atoms with Crippen molar-refractivity contribution in [2.75, 3.05) is 32.6 Å². The van der Waals surface area contributed by atoms with Crippen molar-refractivity contribution in [3.05, 3.63) is 0 Å². The van der Waals surface area contributed by atoms with E-state index in [0.717, 1.165) is 19.1 Å². The molecule has 1 saturated carbocycles. The zero-order valence-electron chi connectivity index (χ0n) is 9.76. The molecular weight excluding hydrogens is 206 g/mol. The lowest BCUT2D eigenvalue weighted by Crippen LogP contribution is -2.44. The second kappa shape index (κ2) is 5.55. The Morgan fingerprint density at radius 2 is 2.07 bits per heavy atom. The molecular formula is C12H23NOS. The van der Waals surface area contributed by atoms with Crippen LogP contribution in [0.15, 0.2) is 0 Å². The van der Waals surface area contributed by atoms with Crippen molar-refractivity contribution in [1.29, 1.82) is 0 Å². The van der Waals surface area contributed by atoms with E-state index in [2.05, 4.69) is 23.3 Å². The Kier molecular flexibility index (Phi) is 4.35. The first-order valence-electron chi connectivity index (χ1n) is 6.18. The van der Waals surface area contributed by atoms with Gasteiger partial charge < -0.3 is 10.1 Å². The highest BCUT2D eigenvalue weighted by Crippen LogP contribution is 2.42. The molecule has 1 aliphatic heterocycles. The molecule has 1 heterocycles. The Hall–Kier alpha value is 0.270.